The number of carbonyl (C=O) groups excluding carboxylic acids is 1. The Morgan fingerprint density at radius 2 is 2.09 bits per heavy atom. The van der Waals surface area contributed by atoms with Crippen LogP contribution in [0.2, 0.25) is 0 Å². The highest BCUT2D eigenvalue weighted by atomic mass is 19.1. The summed E-state index contributed by atoms with van der Waals surface area (Å²) in [6.45, 7) is 3.61. The summed E-state index contributed by atoms with van der Waals surface area (Å²) in [7, 11) is 0. The minimum Gasteiger partial charge on any atom is -0.379 e. The Balaban J connectivity index is 1.92. The van der Waals surface area contributed by atoms with Gasteiger partial charge >= 0.3 is 0 Å². The summed E-state index contributed by atoms with van der Waals surface area (Å²) >= 11 is 0. The number of hydrogen-bond donors (Lipinski definition) is 1. The molecule has 0 atom stereocenters. The molecule has 1 aliphatic heterocycles. The van der Waals surface area contributed by atoms with E-state index in [1.54, 1.807) is 16.8 Å². The predicted octanol–water partition coefficient (Wildman–Crippen LogP) is 0.781. The lowest BCUT2D eigenvalue weighted by Crippen LogP contribution is -2.46. The van der Waals surface area contributed by atoms with Gasteiger partial charge in [-0.15, -0.1) is 0 Å². The monoisotopic (exact) mass is 304 g/mol. The molecule has 6 nitrogen and oxygen atoms in total. The van der Waals surface area contributed by atoms with Crippen LogP contribution in [-0.4, -0.2) is 33.9 Å². The van der Waals surface area contributed by atoms with Crippen LogP contribution in [-0.2, 0) is 27.9 Å². The van der Waals surface area contributed by atoms with Crippen molar-refractivity contribution < 1.29 is 13.9 Å². The average molecular weight is 304 g/mol. The van der Waals surface area contributed by atoms with Gasteiger partial charge in [-0.3, -0.25) is 4.79 Å². The van der Waals surface area contributed by atoms with Crippen molar-refractivity contribution in [2.24, 2.45) is 5.73 Å². The zero-order valence-electron chi connectivity index (χ0n) is 12.3. The number of aromatic nitrogens is 3. The minimum atomic E-state index is -0.472. The summed E-state index contributed by atoms with van der Waals surface area (Å²) < 4.78 is 20.0. The van der Waals surface area contributed by atoms with E-state index in [1.165, 1.54) is 12.1 Å². The van der Waals surface area contributed by atoms with E-state index in [2.05, 4.69) is 10.1 Å². The van der Waals surface area contributed by atoms with Gasteiger partial charge < -0.3 is 10.5 Å². The predicted molar refractivity (Wildman–Crippen MR) is 76.6 cm³/mol. The molecule has 1 aromatic heterocycles. The van der Waals surface area contributed by atoms with Gasteiger partial charge in [-0.25, -0.2) is 14.1 Å². The van der Waals surface area contributed by atoms with Gasteiger partial charge in [0, 0.05) is 0 Å². The topological polar surface area (TPSA) is 83.0 Å². The molecule has 1 aliphatic rings. The first-order valence-electron chi connectivity index (χ1n) is 7.01. The summed E-state index contributed by atoms with van der Waals surface area (Å²) in [4.78, 5) is 15.5. The maximum Gasteiger partial charge on any atom is 0.225 e. The number of amides is 1. The zero-order chi connectivity index (χ0) is 15.7. The normalized spacial score (nSPS) is 16.3. The van der Waals surface area contributed by atoms with E-state index in [1.807, 2.05) is 6.92 Å². The Labute approximate surface area is 127 Å². The van der Waals surface area contributed by atoms with Crippen molar-refractivity contribution in [3.05, 3.63) is 47.3 Å². The maximum atomic E-state index is 13.0. The van der Waals surface area contributed by atoms with Gasteiger partial charge in [0.2, 0.25) is 5.91 Å². The Morgan fingerprint density at radius 3 is 2.64 bits per heavy atom. The third kappa shape index (κ3) is 2.85. The number of primary amides is 1. The Morgan fingerprint density at radius 1 is 1.41 bits per heavy atom. The fourth-order valence-corrected chi connectivity index (χ4v) is 2.48. The molecule has 2 aromatic rings. The van der Waals surface area contributed by atoms with E-state index in [4.69, 9.17) is 10.5 Å². The standard InChI is InChI=1S/C15H17FN4O2/c1-15(8-22-9-15)14-18-13(6-12(17)21)19-20(14)7-10-2-4-11(16)5-3-10/h2-5H,6-9H2,1H3,(H2,17,21). The lowest BCUT2D eigenvalue weighted by molar-refractivity contribution is -0.117. The van der Waals surface area contributed by atoms with Crippen LogP contribution >= 0.6 is 0 Å². The van der Waals surface area contributed by atoms with Crippen LogP contribution in [0.5, 0.6) is 0 Å². The van der Waals surface area contributed by atoms with Crippen molar-refractivity contribution in [2.75, 3.05) is 13.2 Å². The molecule has 0 radical (unpaired) electrons. The number of benzene rings is 1. The number of rotatable bonds is 5. The zero-order valence-corrected chi connectivity index (χ0v) is 12.3. The number of nitrogens with zero attached hydrogens (tertiary/aromatic N) is 3. The molecule has 7 heteroatoms. The van der Waals surface area contributed by atoms with Gasteiger partial charge in [-0.2, -0.15) is 5.10 Å². The van der Waals surface area contributed by atoms with Crippen molar-refractivity contribution >= 4 is 5.91 Å². The molecule has 0 aliphatic carbocycles. The molecule has 2 heterocycles. The van der Waals surface area contributed by atoms with Gasteiger partial charge in [0.05, 0.1) is 31.6 Å². The van der Waals surface area contributed by atoms with E-state index < -0.39 is 5.91 Å². The molecule has 1 saturated heterocycles. The number of carbonyl (C=O) groups is 1. The number of hydrogen-bond acceptors (Lipinski definition) is 4. The molecule has 2 N–H and O–H groups in total. The van der Waals surface area contributed by atoms with Crippen LogP contribution in [0.25, 0.3) is 0 Å². The van der Waals surface area contributed by atoms with Gasteiger partial charge in [0.15, 0.2) is 5.82 Å². The number of ether oxygens (including phenoxy) is 1. The van der Waals surface area contributed by atoms with Crippen LogP contribution in [0.4, 0.5) is 4.39 Å². The van der Waals surface area contributed by atoms with E-state index in [9.17, 15) is 9.18 Å². The van der Waals surface area contributed by atoms with E-state index >= 15 is 0 Å². The fourth-order valence-electron chi connectivity index (χ4n) is 2.48. The van der Waals surface area contributed by atoms with E-state index in [0.29, 0.717) is 25.6 Å². The second-order valence-corrected chi connectivity index (χ2v) is 5.83. The van der Waals surface area contributed by atoms with E-state index in [-0.39, 0.29) is 17.7 Å². The number of halogens is 1. The summed E-state index contributed by atoms with van der Waals surface area (Å²) in [6, 6.07) is 6.22. The van der Waals surface area contributed by atoms with Gasteiger partial charge in [-0.1, -0.05) is 12.1 Å². The molecule has 1 fully saturated rings. The molecule has 0 unspecified atom stereocenters. The summed E-state index contributed by atoms with van der Waals surface area (Å²) in [5.41, 5.74) is 5.90. The number of nitrogens with two attached hydrogens (primary N) is 1. The maximum absolute atomic E-state index is 13.0. The largest absolute Gasteiger partial charge is 0.379 e. The first kappa shape index (κ1) is 14.6. The van der Waals surface area contributed by atoms with Crippen LogP contribution in [0, 0.1) is 5.82 Å². The molecular weight excluding hydrogens is 287 g/mol. The Kier molecular flexibility index (Phi) is 3.66. The van der Waals surface area contributed by atoms with Crippen molar-refractivity contribution in [3.8, 4) is 0 Å². The van der Waals surface area contributed by atoms with Gasteiger partial charge in [0.25, 0.3) is 0 Å². The molecule has 1 aromatic carbocycles. The van der Waals surface area contributed by atoms with Crippen molar-refractivity contribution in [2.45, 2.75) is 25.3 Å². The summed E-state index contributed by atoms with van der Waals surface area (Å²) in [5.74, 6) is 0.411. The molecule has 1 amide bonds. The lowest BCUT2D eigenvalue weighted by Gasteiger charge is -2.37. The Bertz CT molecular complexity index is 692. The molecule has 116 valence electrons. The van der Waals surface area contributed by atoms with Crippen LogP contribution in [0.1, 0.15) is 24.1 Å². The highest BCUT2D eigenvalue weighted by Crippen LogP contribution is 2.30. The smallest absolute Gasteiger partial charge is 0.225 e. The Hall–Kier alpha value is -2.28. The average Bonchev–Trinajstić information content (AvgIpc) is 2.81. The molecular formula is C15H17FN4O2. The second kappa shape index (κ2) is 5.49. The summed E-state index contributed by atoms with van der Waals surface area (Å²) in [5, 5.41) is 4.37. The fraction of sp³-hybridized carbons (Fsp3) is 0.400. The second-order valence-electron chi connectivity index (χ2n) is 5.83. The molecule has 3 rings (SSSR count). The molecule has 0 spiro atoms. The van der Waals surface area contributed by atoms with Gasteiger partial charge in [-0.05, 0) is 24.6 Å². The first-order chi connectivity index (χ1) is 10.5. The third-order valence-electron chi connectivity index (χ3n) is 3.67. The van der Waals surface area contributed by atoms with Crippen molar-refractivity contribution in [1.29, 1.82) is 0 Å². The van der Waals surface area contributed by atoms with Crippen LogP contribution < -0.4 is 5.73 Å². The highest BCUT2D eigenvalue weighted by molar-refractivity contribution is 5.75. The van der Waals surface area contributed by atoms with Gasteiger partial charge in [0.1, 0.15) is 11.6 Å². The summed E-state index contributed by atoms with van der Waals surface area (Å²) in [6.07, 6.45) is 0.000352. The minimum absolute atomic E-state index is 0.000352. The molecule has 0 saturated carbocycles. The highest BCUT2D eigenvalue weighted by Gasteiger charge is 2.40. The molecule has 0 bridgehead atoms. The first-order valence-corrected chi connectivity index (χ1v) is 7.01. The lowest BCUT2D eigenvalue weighted by atomic mass is 9.87. The van der Waals surface area contributed by atoms with Crippen molar-refractivity contribution in [1.82, 2.24) is 14.8 Å². The van der Waals surface area contributed by atoms with Crippen LogP contribution in [0.3, 0.4) is 0 Å². The third-order valence-corrected chi connectivity index (χ3v) is 3.67. The SMILES string of the molecule is CC1(c2nc(CC(N)=O)nn2Cc2ccc(F)cc2)COC1. The van der Waals surface area contributed by atoms with E-state index in [0.717, 1.165) is 11.4 Å². The quantitative estimate of drug-likeness (QED) is 0.885. The molecule has 22 heavy (non-hydrogen) atoms. The van der Waals surface area contributed by atoms with Crippen molar-refractivity contribution in [3.63, 3.8) is 0 Å². The van der Waals surface area contributed by atoms with Crippen LogP contribution in [0.15, 0.2) is 24.3 Å².